The molecule has 0 aliphatic heterocycles. The molecule has 1 aromatic rings. The van der Waals surface area contributed by atoms with Gasteiger partial charge in [-0.1, -0.05) is 0 Å². The van der Waals surface area contributed by atoms with Crippen LogP contribution in [0.4, 0.5) is 19.3 Å². The number of methoxy groups -OCH3 is 1. The maximum Gasteiger partial charge on any atom is 0.411 e. The zero-order chi connectivity index (χ0) is 13.2. The first-order valence-corrected chi connectivity index (χ1v) is 6.35. The number of hydrogen-bond acceptors (Lipinski definition) is 4. The Morgan fingerprint density at radius 1 is 1.35 bits per heavy atom. The van der Waals surface area contributed by atoms with Gasteiger partial charge in [0.2, 0.25) is 0 Å². The number of ether oxygens (including phenoxy) is 1. The molecule has 1 amide bonds. The predicted molar refractivity (Wildman–Crippen MR) is 55.4 cm³/mol. The van der Waals surface area contributed by atoms with E-state index in [0.29, 0.717) is 12.1 Å². The zero-order valence-electron chi connectivity index (χ0n) is 8.33. The van der Waals surface area contributed by atoms with Gasteiger partial charge in [0.05, 0.1) is 12.0 Å². The molecule has 0 saturated heterocycles. The van der Waals surface area contributed by atoms with E-state index >= 15 is 0 Å². The second kappa shape index (κ2) is 4.84. The molecule has 0 aliphatic carbocycles. The monoisotopic (exact) mass is 285 g/mol. The first-order chi connectivity index (χ1) is 7.75. The van der Waals surface area contributed by atoms with Crippen molar-refractivity contribution >= 4 is 31.5 Å². The van der Waals surface area contributed by atoms with Crippen LogP contribution < -0.4 is 5.32 Å². The fourth-order valence-electron chi connectivity index (χ4n) is 0.963. The van der Waals surface area contributed by atoms with E-state index < -0.39 is 37.4 Å². The molecule has 5 nitrogen and oxygen atoms in total. The summed E-state index contributed by atoms with van der Waals surface area (Å²) in [6, 6.07) is 0.966. The quantitative estimate of drug-likeness (QED) is 0.844. The number of carbonyl (C=O) groups is 1. The van der Waals surface area contributed by atoms with E-state index in [0.717, 1.165) is 7.11 Å². The normalized spacial score (nSPS) is 11.1. The molecular formula is C8H6ClF2NO4S. The summed E-state index contributed by atoms with van der Waals surface area (Å²) in [7, 11) is 1.67. The Morgan fingerprint density at radius 2 is 1.82 bits per heavy atom. The molecule has 0 atom stereocenters. The lowest BCUT2D eigenvalue weighted by molar-refractivity contribution is 0.186. The molecule has 0 aliphatic rings. The topological polar surface area (TPSA) is 72.5 Å². The molecular weight excluding hydrogens is 280 g/mol. The van der Waals surface area contributed by atoms with Gasteiger partial charge in [-0.25, -0.2) is 22.0 Å². The molecule has 0 aromatic heterocycles. The molecule has 0 unspecified atom stereocenters. The number of anilines is 1. The highest BCUT2D eigenvalue weighted by Crippen LogP contribution is 2.25. The van der Waals surface area contributed by atoms with Crippen LogP contribution in [0.25, 0.3) is 0 Å². The lowest BCUT2D eigenvalue weighted by Gasteiger charge is -2.07. The van der Waals surface area contributed by atoms with Crippen LogP contribution in [0.5, 0.6) is 0 Å². The van der Waals surface area contributed by atoms with Crippen LogP contribution >= 0.6 is 10.7 Å². The van der Waals surface area contributed by atoms with Crippen LogP contribution in [0.3, 0.4) is 0 Å². The fraction of sp³-hybridized carbons (Fsp3) is 0.125. The van der Waals surface area contributed by atoms with Gasteiger partial charge in [0.1, 0.15) is 5.69 Å². The summed E-state index contributed by atoms with van der Waals surface area (Å²) in [5, 5.41) is 1.76. The number of amides is 1. The largest absolute Gasteiger partial charge is 0.453 e. The lowest BCUT2D eigenvalue weighted by Crippen LogP contribution is -2.14. The number of hydrogen-bond donors (Lipinski definition) is 1. The molecule has 1 rings (SSSR count). The maximum absolute atomic E-state index is 13.3. The summed E-state index contributed by atoms with van der Waals surface area (Å²) in [6.45, 7) is 0. The van der Waals surface area contributed by atoms with E-state index in [1.54, 1.807) is 5.32 Å². The number of nitrogens with one attached hydrogen (secondary N) is 1. The standard InChI is InChI=1S/C8H6ClF2NO4S/c1-16-8(13)12-7-5(10)2-4(3-6(7)11)17(9,14)15/h2-3H,1H3,(H,12,13). The van der Waals surface area contributed by atoms with Crippen LogP contribution in [0.1, 0.15) is 0 Å². The highest BCUT2D eigenvalue weighted by atomic mass is 35.7. The van der Waals surface area contributed by atoms with Gasteiger partial charge < -0.3 is 4.74 Å². The van der Waals surface area contributed by atoms with Gasteiger partial charge in [0, 0.05) is 10.7 Å². The van der Waals surface area contributed by atoms with Crippen molar-refractivity contribution < 1.29 is 26.7 Å². The van der Waals surface area contributed by atoms with Crippen molar-refractivity contribution in [3.05, 3.63) is 23.8 Å². The summed E-state index contributed by atoms with van der Waals surface area (Å²) in [4.78, 5) is 10.0. The molecule has 0 saturated carbocycles. The van der Waals surface area contributed by atoms with Crippen molar-refractivity contribution in [1.29, 1.82) is 0 Å². The Labute approximate surface area is 99.7 Å². The van der Waals surface area contributed by atoms with Crippen LogP contribution in [0.2, 0.25) is 0 Å². The van der Waals surface area contributed by atoms with Crippen molar-refractivity contribution in [2.75, 3.05) is 12.4 Å². The highest BCUT2D eigenvalue weighted by Gasteiger charge is 2.19. The first-order valence-electron chi connectivity index (χ1n) is 4.04. The second-order valence-corrected chi connectivity index (χ2v) is 5.38. The summed E-state index contributed by atoms with van der Waals surface area (Å²) >= 11 is 0. The van der Waals surface area contributed by atoms with Gasteiger partial charge in [-0.05, 0) is 12.1 Å². The SMILES string of the molecule is COC(=O)Nc1c(F)cc(S(=O)(=O)Cl)cc1F. The molecule has 94 valence electrons. The molecule has 0 heterocycles. The molecule has 1 N–H and O–H groups in total. The van der Waals surface area contributed by atoms with Gasteiger partial charge in [-0.3, -0.25) is 5.32 Å². The molecule has 17 heavy (non-hydrogen) atoms. The van der Waals surface area contributed by atoms with E-state index in [1.807, 2.05) is 0 Å². The van der Waals surface area contributed by atoms with Crippen molar-refractivity contribution in [2.24, 2.45) is 0 Å². The van der Waals surface area contributed by atoms with E-state index in [1.165, 1.54) is 0 Å². The molecule has 0 fully saturated rings. The van der Waals surface area contributed by atoms with Gasteiger partial charge in [0.15, 0.2) is 11.6 Å². The molecule has 0 spiro atoms. The third-order valence-electron chi connectivity index (χ3n) is 1.71. The van der Waals surface area contributed by atoms with Crippen LogP contribution in [0.15, 0.2) is 17.0 Å². The van der Waals surface area contributed by atoms with Crippen molar-refractivity contribution in [3.8, 4) is 0 Å². The average Bonchev–Trinajstić information content (AvgIpc) is 2.21. The van der Waals surface area contributed by atoms with Gasteiger partial charge in [-0.2, -0.15) is 0 Å². The maximum atomic E-state index is 13.3. The highest BCUT2D eigenvalue weighted by molar-refractivity contribution is 8.13. The Morgan fingerprint density at radius 3 is 2.18 bits per heavy atom. The minimum atomic E-state index is -4.25. The van der Waals surface area contributed by atoms with Gasteiger partial charge in [-0.15, -0.1) is 0 Å². The number of benzene rings is 1. The number of carbonyl (C=O) groups excluding carboxylic acids is 1. The molecule has 0 radical (unpaired) electrons. The Balaban J connectivity index is 3.25. The summed E-state index contributed by atoms with van der Waals surface area (Å²) in [6.07, 6.45) is -1.09. The smallest absolute Gasteiger partial charge is 0.411 e. The Bertz CT molecular complexity index is 538. The molecule has 1 aromatic carbocycles. The number of rotatable bonds is 2. The third-order valence-corrected chi connectivity index (χ3v) is 3.04. The Hall–Kier alpha value is -1.41. The summed E-state index contributed by atoms with van der Waals surface area (Å²) in [5.74, 6) is -2.57. The fourth-order valence-corrected chi connectivity index (χ4v) is 1.72. The lowest BCUT2D eigenvalue weighted by atomic mass is 10.3. The summed E-state index contributed by atoms with van der Waals surface area (Å²) in [5.41, 5.74) is -0.819. The predicted octanol–water partition coefficient (Wildman–Crippen LogP) is 2.07. The second-order valence-electron chi connectivity index (χ2n) is 2.82. The van der Waals surface area contributed by atoms with Crippen molar-refractivity contribution in [3.63, 3.8) is 0 Å². The molecule has 0 bridgehead atoms. The average molecular weight is 286 g/mol. The Kier molecular flexibility index (Phi) is 3.89. The summed E-state index contributed by atoms with van der Waals surface area (Å²) < 4.78 is 52.4. The van der Waals surface area contributed by atoms with E-state index in [2.05, 4.69) is 4.74 Å². The van der Waals surface area contributed by atoms with Crippen LogP contribution in [-0.2, 0) is 13.8 Å². The van der Waals surface area contributed by atoms with E-state index in [4.69, 9.17) is 10.7 Å². The number of halogens is 3. The third kappa shape index (κ3) is 3.27. The van der Waals surface area contributed by atoms with Crippen molar-refractivity contribution in [1.82, 2.24) is 0 Å². The minimum absolute atomic E-state index is 0.483. The zero-order valence-corrected chi connectivity index (χ0v) is 9.90. The van der Waals surface area contributed by atoms with Crippen LogP contribution in [-0.4, -0.2) is 21.6 Å². The van der Waals surface area contributed by atoms with Gasteiger partial charge >= 0.3 is 6.09 Å². The van der Waals surface area contributed by atoms with Crippen molar-refractivity contribution in [2.45, 2.75) is 4.90 Å². The van der Waals surface area contributed by atoms with Crippen LogP contribution in [0, 0.1) is 11.6 Å². The first kappa shape index (κ1) is 13.7. The minimum Gasteiger partial charge on any atom is -0.453 e. The van der Waals surface area contributed by atoms with Gasteiger partial charge in [0.25, 0.3) is 9.05 Å². The molecule has 9 heteroatoms. The van der Waals surface area contributed by atoms with E-state index in [-0.39, 0.29) is 0 Å². The van der Waals surface area contributed by atoms with E-state index in [9.17, 15) is 22.0 Å².